The molecule has 1 aromatic heterocycles. The summed E-state index contributed by atoms with van der Waals surface area (Å²) in [5, 5.41) is 3.38. The first-order valence-electron chi connectivity index (χ1n) is 8.99. The summed E-state index contributed by atoms with van der Waals surface area (Å²) in [7, 11) is -2.04. The third kappa shape index (κ3) is 3.53. The number of halogens is 1. The monoisotopic (exact) mass is 400 g/mol. The highest BCUT2D eigenvalue weighted by Crippen LogP contribution is 2.34. The van der Waals surface area contributed by atoms with Crippen molar-refractivity contribution in [3.05, 3.63) is 78.5 Å². The second-order valence-corrected chi connectivity index (χ2v) is 8.83. The molecule has 28 heavy (non-hydrogen) atoms. The highest BCUT2D eigenvalue weighted by Gasteiger charge is 2.41. The topological polar surface area (TPSA) is 67.2 Å². The van der Waals surface area contributed by atoms with Crippen LogP contribution in [0.5, 0.6) is 0 Å². The molecule has 0 unspecified atom stereocenters. The fourth-order valence-electron chi connectivity index (χ4n) is 3.60. The number of hydrogen-bond acceptors (Lipinski definition) is 4. The van der Waals surface area contributed by atoms with Gasteiger partial charge in [-0.25, -0.2) is 17.8 Å². The van der Waals surface area contributed by atoms with Gasteiger partial charge in [-0.2, -0.15) is 4.31 Å². The van der Waals surface area contributed by atoms with Crippen molar-refractivity contribution in [3.8, 4) is 0 Å². The van der Waals surface area contributed by atoms with E-state index in [0.29, 0.717) is 5.56 Å². The van der Waals surface area contributed by atoms with E-state index in [1.807, 2.05) is 30.3 Å². The first kappa shape index (κ1) is 18.6. The standard InChI is InChI=1S/C20H21FN4O2S/c1-24-13-20(22-14-24)28(26,27)25-11-17(16-9-5-6-10-18(16)21)19(12-25)23-15-7-3-2-4-8-15/h2-10,13-14,17,19,23H,11-12H2,1H3/t17-,19+/m0/s1. The van der Waals surface area contributed by atoms with Crippen molar-refractivity contribution in [2.75, 3.05) is 18.4 Å². The highest BCUT2D eigenvalue weighted by atomic mass is 32.2. The van der Waals surface area contributed by atoms with Gasteiger partial charge in [-0.3, -0.25) is 0 Å². The molecule has 8 heteroatoms. The number of aryl methyl sites for hydroxylation is 1. The van der Waals surface area contributed by atoms with Crippen LogP contribution < -0.4 is 5.32 Å². The molecule has 146 valence electrons. The Kier molecular flexibility index (Phi) is 4.91. The molecule has 3 aromatic rings. The molecule has 0 saturated carbocycles. The summed E-state index contributed by atoms with van der Waals surface area (Å²) < 4.78 is 43.5. The number of benzene rings is 2. The summed E-state index contributed by atoms with van der Waals surface area (Å²) in [6.45, 7) is 0.414. The summed E-state index contributed by atoms with van der Waals surface area (Å²) in [6.07, 6.45) is 2.93. The van der Waals surface area contributed by atoms with Crippen LogP contribution in [0.2, 0.25) is 0 Å². The molecule has 1 fully saturated rings. The largest absolute Gasteiger partial charge is 0.380 e. The Morgan fingerprint density at radius 2 is 1.79 bits per heavy atom. The van der Waals surface area contributed by atoms with E-state index in [1.54, 1.807) is 29.8 Å². The average molecular weight is 400 g/mol. The van der Waals surface area contributed by atoms with Gasteiger partial charge in [-0.05, 0) is 23.8 Å². The predicted octanol–water partition coefficient (Wildman–Crippen LogP) is 2.83. The lowest BCUT2D eigenvalue weighted by atomic mass is 9.93. The molecule has 0 bridgehead atoms. The van der Waals surface area contributed by atoms with Crippen molar-refractivity contribution in [2.24, 2.45) is 7.05 Å². The second-order valence-electron chi connectivity index (χ2n) is 6.94. The Morgan fingerprint density at radius 1 is 1.07 bits per heavy atom. The van der Waals surface area contributed by atoms with Crippen LogP contribution >= 0.6 is 0 Å². The Bertz CT molecular complexity index is 1070. The summed E-state index contributed by atoms with van der Waals surface area (Å²) in [4.78, 5) is 4.00. The minimum Gasteiger partial charge on any atom is -0.380 e. The van der Waals surface area contributed by atoms with Gasteiger partial charge in [0.2, 0.25) is 0 Å². The summed E-state index contributed by atoms with van der Waals surface area (Å²) in [5.74, 6) is -0.649. The number of nitrogens with one attached hydrogen (secondary N) is 1. The van der Waals surface area contributed by atoms with E-state index in [-0.39, 0.29) is 35.9 Å². The van der Waals surface area contributed by atoms with E-state index >= 15 is 0 Å². The first-order chi connectivity index (χ1) is 13.4. The van der Waals surface area contributed by atoms with Crippen LogP contribution in [-0.4, -0.2) is 41.4 Å². The number of para-hydroxylation sites is 1. The maximum Gasteiger partial charge on any atom is 0.262 e. The molecule has 2 heterocycles. The van der Waals surface area contributed by atoms with Crippen LogP contribution in [0.4, 0.5) is 10.1 Å². The maximum atomic E-state index is 14.5. The average Bonchev–Trinajstić information content (AvgIpc) is 3.30. The fraction of sp³-hybridized carbons (Fsp3) is 0.250. The van der Waals surface area contributed by atoms with Crippen LogP contribution in [0.1, 0.15) is 11.5 Å². The smallest absolute Gasteiger partial charge is 0.262 e. The summed E-state index contributed by atoms with van der Waals surface area (Å²) in [5.41, 5.74) is 1.38. The molecular weight excluding hydrogens is 379 g/mol. The molecule has 1 saturated heterocycles. The molecule has 4 rings (SSSR count). The number of anilines is 1. The molecular formula is C20H21FN4O2S. The summed E-state index contributed by atoms with van der Waals surface area (Å²) in [6, 6.07) is 15.8. The van der Waals surface area contributed by atoms with E-state index in [9.17, 15) is 12.8 Å². The van der Waals surface area contributed by atoms with Crippen LogP contribution in [0.15, 0.2) is 72.1 Å². The lowest BCUT2D eigenvalue weighted by Crippen LogP contribution is -2.32. The molecule has 6 nitrogen and oxygen atoms in total. The van der Waals surface area contributed by atoms with Gasteiger partial charge in [0.1, 0.15) is 5.82 Å². The number of rotatable bonds is 5. The predicted molar refractivity (Wildman–Crippen MR) is 105 cm³/mol. The van der Waals surface area contributed by atoms with E-state index in [1.165, 1.54) is 22.9 Å². The zero-order valence-electron chi connectivity index (χ0n) is 15.4. The Hall–Kier alpha value is -2.71. The van der Waals surface area contributed by atoms with Crippen molar-refractivity contribution in [3.63, 3.8) is 0 Å². The lowest BCUT2D eigenvalue weighted by Gasteiger charge is -2.21. The molecule has 0 aliphatic carbocycles. The maximum absolute atomic E-state index is 14.5. The number of hydrogen-bond donors (Lipinski definition) is 1. The number of aromatic nitrogens is 2. The van der Waals surface area contributed by atoms with E-state index in [0.717, 1.165) is 5.69 Å². The molecule has 1 aliphatic rings. The molecule has 0 spiro atoms. The SMILES string of the molecule is Cn1cnc(S(=O)(=O)N2C[C@@H](Nc3ccccc3)[C@H](c3ccccc3F)C2)c1. The van der Waals surface area contributed by atoms with Gasteiger partial charge in [0.05, 0.1) is 6.33 Å². The van der Waals surface area contributed by atoms with Crippen molar-refractivity contribution in [1.82, 2.24) is 13.9 Å². The Morgan fingerprint density at radius 3 is 2.46 bits per heavy atom. The van der Waals surface area contributed by atoms with Crippen molar-refractivity contribution in [1.29, 1.82) is 0 Å². The first-order valence-corrected chi connectivity index (χ1v) is 10.4. The zero-order valence-corrected chi connectivity index (χ0v) is 16.2. The van der Waals surface area contributed by atoms with Gasteiger partial charge in [0, 0.05) is 44.0 Å². The summed E-state index contributed by atoms with van der Waals surface area (Å²) >= 11 is 0. The molecule has 1 N–H and O–H groups in total. The number of sulfonamides is 1. The minimum atomic E-state index is -3.76. The fourth-order valence-corrected chi connectivity index (χ4v) is 5.06. The van der Waals surface area contributed by atoms with E-state index in [4.69, 9.17) is 0 Å². The van der Waals surface area contributed by atoms with Gasteiger partial charge < -0.3 is 9.88 Å². The van der Waals surface area contributed by atoms with Gasteiger partial charge in [-0.15, -0.1) is 0 Å². The van der Waals surface area contributed by atoms with Gasteiger partial charge in [-0.1, -0.05) is 36.4 Å². The van der Waals surface area contributed by atoms with Crippen molar-refractivity contribution < 1.29 is 12.8 Å². The van der Waals surface area contributed by atoms with Crippen molar-refractivity contribution >= 4 is 15.7 Å². The molecule has 2 aromatic carbocycles. The quantitative estimate of drug-likeness (QED) is 0.715. The number of imidazole rings is 1. The van der Waals surface area contributed by atoms with Gasteiger partial charge >= 0.3 is 0 Å². The molecule has 0 amide bonds. The van der Waals surface area contributed by atoms with Crippen LogP contribution in [0.3, 0.4) is 0 Å². The molecule has 1 aliphatic heterocycles. The van der Waals surface area contributed by atoms with Crippen LogP contribution in [-0.2, 0) is 17.1 Å². The highest BCUT2D eigenvalue weighted by molar-refractivity contribution is 7.89. The van der Waals surface area contributed by atoms with Crippen LogP contribution in [0.25, 0.3) is 0 Å². The third-order valence-electron chi connectivity index (χ3n) is 5.00. The van der Waals surface area contributed by atoms with E-state index in [2.05, 4.69) is 10.3 Å². The molecule has 2 atom stereocenters. The Labute approximate surface area is 163 Å². The normalized spacial score (nSPS) is 20.4. The van der Waals surface area contributed by atoms with E-state index < -0.39 is 10.0 Å². The Balaban J connectivity index is 1.68. The third-order valence-corrected chi connectivity index (χ3v) is 6.72. The molecule has 0 radical (unpaired) electrons. The lowest BCUT2D eigenvalue weighted by molar-refractivity contribution is 0.467. The number of nitrogens with zero attached hydrogens (tertiary/aromatic N) is 3. The van der Waals surface area contributed by atoms with Crippen molar-refractivity contribution in [2.45, 2.75) is 17.0 Å². The van der Waals surface area contributed by atoms with Crippen LogP contribution in [0, 0.1) is 5.82 Å². The van der Waals surface area contributed by atoms with Gasteiger partial charge in [0.25, 0.3) is 10.0 Å². The zero-order chi connectivity index (χ0) is 19.7. The minimum absolute atomic E-state index is 0.00245. The van der Waals surface area contributed by atoms with Gasteiger partial charge in [0.15, 0.2) is 5.03 Å². The second kappa shape index (κ2) is 7.37.